The molecule has 0 atom stereocenters. The molecule has 0 amide bonds. The topological polar surface area (TPSA) is 68.2 Å². The Bertz CT molecular complexity index is 358. The number of aromatic nitrogens is 1. The molecule has 3 N–H and O–H groups in total. The molecule has 4 nitrogen and oxygen atoms in total. The van der Waals surface area contributed by atoms with Crippen LogP contribution in [0.25, 0.3) is 0 Å². The number of nitrogens with zero attached hydrogens (tertiary/aromatic N) is 1. The van der Waals surface area contributed by atoms with Gasteiger partial charge in [0.15, 0.2) is 0 Å². The van der Waals surface area contributed by atoms with Gasteiger partial charge in [0.05, 0.1) is 0 Å². The smallest absolute Gasteiger partial charge is 0.303 e. The molecular formula is C13H22N2O2. The molecule has 0 unspecified atom stereocenters. The predicted octanol–water partition coefficient (Wildman–Crippen LogP) is 1.81. The van der Waals surface area contributed by atoms with E-state index in [0.29, 0.717) is 0 Å². The van der Waals surface area contributed by atoms with Gasteiger partial charge in [-0.05, 0) is 37.3 Å². The van der Waals surface area contributed by atoms with Gasteiger partial charge in [-0.3, -0.25) is 4.79 Å². The summed E-state index contributed by atoms with van der Waals surface area (Å²) in [5.74, 6) is -0.745. The molecule has 1 heterocycles. The van der Waals surface area contributed by atoms with Crippen molar-refractivity contribution >= 4 is 5.97 Å². The van der Waals surface area contributed by atoms with Crippen molar-refractivity contribution in [2.24, 2.45) is 5.73 Å². The molecule has 17 heavy (non-hydrogen) atoms. The lowest BCUT2D eigenvalue weighted by Gasteiger charge is -2.14. The van der Waals surface area contributed by atoms with Crippen molar-refractivity contribution in [3.63, 3.8) is 0 Å². The monoisotopic (exact) mass is 238 g/mol. The number of aliphatic carboxylic acids is 1. The highest BCUT2D eigenvalue weighted by Gasteiger charge is 2.12. The molecule has 1 aromatic heterocycles. The number of hydrogen-bond donors (Lipinski definition) is 2. The van der Waals surface area contributed by atoms with Crippen LogP contribution in [0.15, 0.2) is 12.3 Å². The largest absolute Gasteiger partial charge is 0.481 e. The van der Waals surface area contributed by atoms with Crippen molar-refractivity contribution in [3.05, 3.63) is 23.5 Å². The highest BCUT2D eigenvalue weighted by Crippen LogP contribution is 2.21. The molecular weight excluding hydrogens is 216 g/mol. The Kier molecular flexibility index (Phi) is 5.77. The van der Waals surface area contributed by atoms with Crippen LogP contribution in [0.4, 0.5) is 0 Å². The van der Waals surface area contributed by atoms with Crippen molar-refractivity contribution < 1.29 is 9.90 Å². The number of rotatable bonds is 3. The molecule has 0 aliphatic heterocycles. The first kappa shape index (κ1) is 13.8. The first-order valence-electron chi connectivity index (χ1n) is 6.27. The van der Waals surface area contributed by atoms with Gasteiger partial charge < -0.3 is 15.4 Å². The third-order valence-electron chi connectivity index (χ3n) is 2.96. The number of carboxylic acid groups (broad SMARTS) is 1. The Balaban J connectivity index is 0.000000249. The minimum Gasteiger partial charge on any atom is -0.481 e. The maximum absolute atomic E-state index is 9.37. The average molecular weight is 238 g/mol. The van der Waals surface area contributed by atoms with Crippen LogP contribution in [-0.4, -0.2) is 22.2 Å². The highest BCUT2D eigenvalue weighted by atomic mass is 16.4. The van der Waals surface area contributed by atoms with Gasteiger partial charge in [0.25, 0.3) is 0 Å². The molecule has 0 spiro atoms. The van der Waals surface area contributed by atoms with Crippen LogP contribution in [0.5, 0.6) is 0 Å². The quantitative estimate of drug-likeness (QED) is 0.843. The molecule has 96 valence electrons. The Morgan fingerprint density at radius 2 is 2.12 bits per heavy atom. The van der Waals surface area contributed by atoms with E-state index in [2.05, 4.69) is 16.8 Å². The van der Waals surface area contributed by atoms with Crippen LogP contribution in [-0.2, 0) is 24.2 Å². The van der Waals surface area contributed by atoms with Crippen molar-refractivity contribution in [2.45, 2.75) is 45.6 Å². The van der Waals surface area contributed by atoms with Crippen LogP contribution in [0, 0.1) is 0 Å². The lowest BCUT2D eigenvalue weighted by molar-refractivity contribution is -0.136. The second-order valence-electron chi connectivity index (χ2n) is 4.22. The van der Waals surface area contributed by atoms with E-state index in [1.807, 2.05) is 0 Å². The number of carbonyl (C=O) groups is 1. The second-order valence-corrected chi connectivity index (χ2v) is 4.22. The van der Waals surface area contributed by atoms with Gasteiger partial charge in [-0.1, -0.05) is 6.92 Å². The van der Waals surface area contributed by atoms with Crippen molar-refractivity contribution in [2.75, 3.05) is 6.54 Å². The number of aryl methyl sites for hydroxylation is 1. The zero-order valence-electron chi connectivity index (χ0n) is 10.5. The molecule has 0 bridgehead atoms. The van der Waals surface area contributed by atoms with E-state index in [0.717, 1.165) is 13.1 Å². The summed E-state index contributed by atoms with van der Waals surface area (Å²) in [6.07, 6.45) is 7.64. The molecule has 1 aromatic rings. The van der Waals surface area contributed by atoms with Gasteiger partial charge in [0.2, 0.25) is 0 Å². The summed E-state index contributed by atoms with van der Waals surface area (Å²) in [5.41, 5.74) is 8.62. The minimum absolute atomic E-state index is 0.222. The Hall–Kier alpha value is -1.29. The van der Waals surface area contributed by atoms with E-state index in [4.69, 9.17) is 10.8 Å². The standard InChI is InChI=1S/C10H16N2.C3H6O2/c11-6-8-12-7-5-9-3-1-2-4-10(9)12;1-2-3(4)5/h5,7H,1-4,6,8,11H2;2H2,1H3,(H,4,5). The van der Waals surface area contributed by atoms with Crippen LogP contribution in [0.1, 0.15) is 37.4 Å². The summed E-state index contributed by atoms with van der Waals surface area (Å²) < 4.78 is 2.31. The summed E-state index contributed by atoms with van der Waals surface area (Å²) in [4.78, 5) is 9.37. The Morgan fingerprint density at radius 3 is 2.71 bits per heavy atom. The first-order chi connectivity index (χ1) is 8.19. The lowest BCUT2D eigenvalue weighted by atomic mass is 9.98. The molecule has 2 rings (SSSR count). The third-order valence-corrected chi connectivity index (χ3v) is 2.96. The van der Waals surface area contributed by atoms with Crippen molar-refractivity contribution in [1.29, 1.82) is 0 Å². The zero-order valence-corrected chi connectivity index (χ0v) is 10.5. The normalized spacial score (nSPS) is 13.5. The Morgan fingerprint density at radius 1 is 1.47 bits per heavy atom. The number of fused-ring (bicyclic) bond motifs is 1. The average Bonchev–Trinajstić information content (AvgIpc) is 2.74. The summed E-state index contributed by atoms with van der Waals surface area (Å²) in [6.45, 7) is 3.33. The number of nitrogens with two attached hydrogens (primary N) is 1. The van der Waals surface area contributed by atoms with E-state index in [1.165, 1.54) is 31.4 Å². The van der Waals surface area contributed by atoms with E-state index < -0.39 is 5.97 Å². The van der Waals surface area contributed by atoms with Crippen LogP contribution in [0.2, 0.25) is 0 Å². The third kappa shape index (κ3) is 4.23. The molecule has 4 heteroatoms. The molecule has 0 saturated heterocycles. The molecule has 0 aromatic carbocycles. The van der Waals surface area contributed by atoms with E-state index >= 15 is 0 Å². The zero-order chi connectivity index (χ0) is 12.7. The second kappa shape index (κ2) is 7.12. The summed E-state index contributed by atoms with van der Waals surface area (Å²) >= 11 is 0. The maximum Gasteiger partial charge on any atom is 0.303 e. The summed E-state index contributed by atoms with van der Waals surface area (Å²) in [7, 11) is 0. The van der Waals surface area contributed by atoms with Gasteiger partial charge in [-0.15, -0.1) is 0 Å². The van der Waals surface area contributed by atoms with Gasteiger partial charge >= 0.3 is 5.97 Å². The number of hydrogen-bond acceptors (Lipinski definition) is 2. The van der Waals surface area contributed by atoms with E-state index in [1.54, 1.807) is 12.5 Å². The van der Waals surface area contributed by atoms with E-state index in [9.17, 15) is 4.79 Å². The van der Waals surface area contributed by atoms with Crippen molar-refractivity contribution in [3.8, 4) is 0 Å². The van der Waals surface area contributed by atoms with Gasteiger partial charge in [0.1, 0.15) is 0 Å². The van der Waals surface area contributed by atoms with Crippen molar-refractivity contribution in [1.82, 2.24) is 4.57 Å². The first-order valence-corrected chi connectivity index (χ1v) is 6.27. The predicted molar refractivity (Wildman–Crippen MR) is 68.1 cm³/mol. The highest BCUT2D eigenvalue weighted by molar-refractivity contribution is 5.66. The van der Waals surface area contributed by atoms with Gasteiger partial charge in [-0.25, -0.2) is 0 Å². The fourth-order valence-corrected chi connectivity index (χ4v) is 2.04. The fourth-order valence-electron chi connectivity index (χ4n) is 2.04. The van der Waals surface area contributed by atoms with E-state index in [-0.39, 0.29) is 6.42 Å². The van der Waals surface area contributed by atoms with Crippen LogP contribution >= 0.6 is 0 Å². The summed E-state index contributed by atoms with van der Waals surface area (Å²) in [5, 5.41) is 7.72. The molecule has 1 aliphatic rings. The fraction of sp³-hybridized carbons (Fsp3) is 0.615. The van der Waals surface area contributed by atoms with Gasteiger partial charge in [0, 0.05) is 31.4 Å². The van der Waals surface area contributed by atoms with Gasteiger partial charge in [-0.2, -0.15) is 0 Å². The molecule has 1 aliphatic carbocycles. The number of carboxylic acids is 1. The SMILES string of the molecule is CCC(=O)O.NCCn1ccc2c1CCCC2. The van der Waals surface area contributed by atoms with Crippen LogP contribution in [0.3, 0.4) is 0 Å². The maximum atomic E-state index is 9.37. The summed E-state index contributed by atoms with van der Waals surface area (Å²) in [6, 6.07) is 2.25. The molecule has 0 saturated carbocycles. The van der Waals surface area contributed by atoms with Crippen LogP contribution < -0.4 is 5.73 Å². The Labute approximate surface area is 102 Å². The lowest BCUT2D eigenvalue weighted by Crippen LogP contribution is -2.13. The molecule has 0 radical (unpaired) electrons. The minimum atomic E-state index is -0.745. The molecule has 0 fully saturated rings.